The molecule has 0 bridgehead atoms. The third kappa shape index (κ3) is 7.79. The van der Waals surface area contributed by atoms with E-state index in [2.05, 4.69) is 43.3 Å². The minimum Gasteiger partial charge on any atom is -0.289 e. The average Bonchev–Trinajstić information content (AvgIpc) is 2.84. The van der Waals surface area contributed by atoms with E-state index in [-0.39, 0.29) is 5.78 Å². The van der Waals surface area contributed by atoms with Gasteiger partial charge in [-0.25, -0.2) is 0 Å². The first-order valence-electron chi connectivity index (χ1n) is 12.6. The van der Waals surface area contributed by atoms with Gasteiger partial charge in [0, 0.05) is 5.56 Å². The van der Waals surface area contributed by atoms with Crippen molar-refractivity contribution in [1.29, 1.82) is 0 Å². The summed E-state index contributed by atoms with van der Waals surface area (Å²) in [7, 11) is 0. The molecule has 0 spiro atoms. The summed E-state index contributed by atoms with van der Waals surface area (Å²) < 4.78 is 0. The molecule has 0 aliphatic rings. The molecule has 0 aromatic heterocycles. The molecule has 168 valence electrons. The molecule has 0 unspecified atom stereocenters. The second kappa shape index (κ2) is 13.7. The highest BCUT2D eigenvalue weighted by atomic mass is 16.1. The fraction of sp³-hybridized carbons (Fsp3) is 0.387. The lowest BCUT2D eigenvalue weighted by Gasteiger charge is -2.07. The van der Waals surface area contributed by atoms with E-state index in [1.165, 1.54) is 69.8 Å². The smallest absolute Gasteiger partial charge is 0.185 e. The van der Waals surface area contributed by atoms with Crippen LogP contribution in [0.5, 0.6) is 0 Å². The molecule has 3 aromatic rings. The van der Waals surface area contributed by atoms with Crippen LogP contribution < -0.4 is 0 Å². The second-order valence-corrected chi connectivity index (χ2v) is 8.89. The summed E-state index contributed by atoms with van der Waals surface area (Å²) in [6, 6.07) is 22.6. The molecule has 0 radical (unpaired) electrons. The number of carbonyl (C=O) groups is 1. The van der Waals surface area contributed by atoms with Gasteiger partial charge in [-0.05, 0) is 46.9 Å². The molecule has 0 amide bonds. The Balaban J connectivity index is 1.46. The van der Waals surface area contributed by atoms with Crippen LogP contribution in [0.15, 0.2) is 72.8 Å². The first-order chi connectivity index (χ1) is 15.8. The Morgan fingerprint density at radius 2 is 1.31 bits per heavy atom. The number of unbranched alkanes of at least 4 members (excludes halogenated alkanes) is 9. The van der Waals surface area contributed by atoms with Crippen molar-refractivity contribution >= 4 is 22.6 Å². The highest BCUT2D eigenvalue weighted by Gasteiger charge is 2.04. The molecule has 0 aliphatic heterocycles. The Hall–Kier alpha value is -2.67. The summed E-state index contributed by atoms with van der Waals surface area (Å²) in [6.45, 7) is 2.27. The summed E-state index contributed by atoms with van der Waals surface area (Å²) in [5, 5.41) is 2.27. The Morgan fingerprint density at radius 3 is 2.06 bits per heavy atom. The van der Waals surface area contributed by atoms with Crippen LogP contribution in [0.4, 0.5) is 0 Å². The minimum atomic E-state index is 0.0597. The number of hydrogen-bond acceptors (Lipinski definition) is 1. The number of hydrogen-bond donors (Lipinski definition) is 0. The van der Waals surface area contributed by atoms with E-state index < -0.39 is 0 Å². The maximum atomic E-state index is 12.7. The maximum absolute atomic E-state index is 12.7. The molecule has 0 aliphatic carbocycles. The number of ketones is 1. The van der Waals surface area contributed by atoms with Crippen LogP contribution in [0.3, 0.4) is 0 Å². The first kappa shape index (κ1) is 24.0. The van der Waals surface area contributed by atoms with E-state index in [0.29, 0.717) is 0 Å². The fourth-order valence-corrected chi connectivity index (χ4v) is 4.33. The van der Waals surface area contributed by atoms with E-state index in [4.69, 9.17) is 0 Å². The van der Waals surface area contributed by atoms with Gasteiger partial charge in [-0.3, -0.25) is 4.79 Å². The Morgan fingerprint density at radius 1 is 0.688 bits per heavy atom. The van der Waals surface area contributed by atoms with Gasteiger partial charge >= 0.3 is 0 Å². The van der Waals surface area contributed by atoms with Crippen LogP contribution in [-0.2, 0) is 6.42 Å². The Bertz CT molecular complexity index is 998. The Labute approximate surface area is 194 Å². The highest BCUT2D eigenvalue weighted by molar-refractivity contribution is 6.08. The largest absolute Gasteiger partial charge is 0.289 e. The van der Waals surface area contributed by atoms with Gasteiger partial charge in [-0.2, -0.15) is 0 Å². The van der Waals surface area contributed by atoms with Crippen molar-refractivity contribution in [1.82, 2.24) is 0 Å². The van der Waals surface area contributed by atoms with Crippen LogP contribution in [0.1, 0.15) is 92.6 Å². The lowest BCUT2D eigenvalue weighted by molar-refractivity contribution is 0.104. The molecular weight excluding hydrogens is 388 g/mol. The maximum Gasteiger partial charge on any atom is 0.185 e. The van der Waals surface area contributed by atoms with Crippen molar-refractivity contribution in [3.05, 3.63) is 89.5 Å². The van der Waals surface area contributed by atoms with Gasteiger partial charge in [-0.1, -0.05) is 131 Å². The molecule has 0 fully saturated rings. The van der Waals surface area contributed by atoms with Crippen LogP contribution in [-0.4, -0.2) is 5.78 Å². The first-order valence-corrected chi connectivity index (χ1v) is 12.6. The summed E-state index contributed by atoms with van der Waals surface area (Å²) in [4.78, 5) is 12.7. The summed E-state index contributed by atoms with van der Waals surface area (Å²) in [5.74, 6) is 0.0597. The molecule has 3 rings (SSSR count). The van der Waals surface area contributed by atoms with Gasteiger partial charge < -0.3 is 0 Å². The molecule has 0 saturated heterocycles. The molecule has 0 atom stereocenters. The third-order valence-corrected chi connectivity index (χ3v) is 6.30. The van der Waals surface area contributed by atoms with Crippen LogP contribution in [0.25, 0.3) is 16.8 Å². The van der Waals surface area contributed by atoms with Crippen LogP contribution in [0, 0.1) is 0 Å². The van der Waals surface area contributed by atoms with Gasteiger partial charge in [0.2, 0.25) is 0 Å². The quantitative estimate of drug-likeness (QED) is 0.143. The van der Waals surface area contributed by atoms with Crippen molar-refractivity contribution in [2.24, 2.45) is 0 Å². The Kier molecular flexibility index (Phi) is 10.3. The normalized spacial score (nSPS) is 11.4. The van der Waals surface area contributed by atoms with E-state index >= 15 is 0 Å². The lowest BCUT2D eigenvalue weighted by atomic mass is 9.99. The molecule has 0 N–H and O–H groups in total. The molecule has 32 heavy (non-hydrogen) atoms. The van der Waals surface area contributed by atoms with E-state index in [0.717, 1.165) is 28.3 Å². The van der Waals surface area contributed by atoms with Crippen molar-refractivity contribution in [2.45, 2.75) is 77.6 Å². The van der Waals surface area contributed by atoms with Crippen LogP contribution >= 0.6 is 0 Å². The fourth-order valence-electron chi connectivity index (χ4n) is 4.33. The standard InChI is InChI=1S/C31H38O/c1-2-3-4-5-6-7-8-9-10-11-16-26-17-12-13-18-27(26)23-24-31(32)30-22-21-28-19-14-15-20-29(28)25-30/h12-15,17-25H,2-11,16H2,1H3/b24-23+. The summed E-state index contributed by atoms with van der Waals surface area (Å²) in [5.41, 5.74) is 3.25. The average molecular weight is 427 g/mol. The molecule has 1 heteroatoms. The number of allylic oxidation sites excluding steroid dienone is 1. The zero-order valence-electron chi connectivity index (χ0n) is 19.7. The molecular formula is C31H38O. The molecule has 0 saturated carbocycles. The molecule has 0 heterocycles. The van der Waals surface area contributed by atoms with Gasteiger partial charge in [0.25, 0.3) is 0 Å². The van der Waals surface area contributed by atoms with Gasteiger partial charge in [0.1, 0.15) is 0 Å². The monoisotopic (exact) mass is 426 g/mol. The molecule has 3 aromatic carbocycles. The van der Waals surface area contributed by atoms with E-state index in [1.807, 2.05) is 36.4 Å². The molecule has 1 nitrogen and oxygen atoms in total. The summed E-state index contributed by atoms with van der Waals surface area (Å²) in [6.07, 6.45) is 18.3. The number of fused-ring (bicyclic) bond motifs is 1. The van der Waals surface area contributed by atoms with Gasteiger partial charge in [0.05, 0.1) is 0 Å². The lowest BCUT2D eigenvalue weighted by Crippen LogP contribution is -1.95. The zero-order valence-corrected chi connectivity index (χ0v) is 19.7. The second-order valence-electron chi connectivity index (χ2n) is 8.89. The number of carbonyl (C=O) groups excluding carboxylic acids is 1. The number of benzene rings is 3. The van der Waals surface area contributed by atoms with Crippen molar-refractivity contribution in [2.75, 3.05) is 0 Å². The van der Waals surface area contributed by atoms with Crippen molar-refractivity contribution < 1.29 is 4.79 Å². The third-order valence-electron chi connectivity index (χ3n) is 6.30. The predicted molar refractivity (Wildman–Crippen MR) is 139 cm³/mol. The van der Waals surface area contributed by atoms with Crippen molar-refractivity contribution in [3.63, 3.8) is 0 Å². The highest BCUT2D eigenvalue weighted by Crippen LogP contribution is 2.19. The topological polar surface area (TPSA) is 17.1 Å². The zero-order chi connectivity index (χ0) is 22.4. The minimum absolute atomic E-state index is 0.0597. The van der Waals surface area contributed by atoms with Crippen LogP contribution in [0.2, 0.25) is 0 Å². The SMILES string of the molecule is CCCCCCCCCCCCc1ccccc1/C=C/C(=O)c1ccc2ccccc2c1. The number of rotatable bonds is 14. The van der Waals surface area contributed by atoms with Crippen molar-refractivity contribution in [3.8, 4) is 0 Å². The van der Waals surface area contributed by atoms with E-state index in [9.17, 15) is 4.79 Å². The van der Waals surface area contributed by atoms with Gasteiger partial charge in [-0.15, -0.1) is 0 Å². The number of aryl methyl sites for hydroxylation is 1. The summed E-state index contributed by atoms with van der Waals surface area (Å²) >= 11 is 0. The van der Waals surface area contributed by atoms with Gasteiger partial charge in [0.15, 0.2) is 5.78 Å². The van der Waals surface area contributed by atoms with E-state index in [1.54, 1.807) is 6.08 Å². The predicted octanol–water partition coefficient (Wildman–Crippen LogP) is 9.20.